The van der Waals surface area contributed by atoms with E-state index in [1.54, 1.807) is 4.90 Å². The van der Waals surface area contributed by atoms with Gasteiger partial charge in [-0.15, -0.1) is 0 Å². The molecular weight excluding hydrogens is 934 g/mol. The number of fused-ring (bicyclic) bond motifs is 1. The number of aliphatic carboxylic acids is 1. The van der Waals surface area contributed by atoms with Crippen LogP contribution >= 0.6 is 0 Å². The average Bonchev–Trinajstić information content (AvgIpc) is 3.93. The van der Waals surface area contributed by atoms with Gasteiger partial charge in [0, 0.05) is 50.1 Å². The molecule has 73 heavy (non-hydrogen) atoms. The molecular formula is C52H76B2N8O11. The molecule has 4 aromatic rings. The van der Waals surface area contributed by atoms with Crippen molar-refractivity contribution in [3.05, 3.63) is 120 Å². The Morgan fingerprint density at radius 3 is 1.59 bits per heavy atom. The molecule has 2 amide bonds. The van der Waals surface area contributed by atoms with Gasteiger partial charge >= 0.3 is 19.8 Å². The van der Waals surface area contributed by atoms with Gasteiger partial charge in [0.05, 0.1) is 63.9 Å². The summed E-state index contributed by atoms with van der Waals surface area (Å²) in [6, 6.07) is 17.6. The minimum Gasteiger partial charge on any atom is -0.509 e. The molecule has 2 aromatic carbocycles. The van der Waals surface area contributed by atoms with Crippen molar-refractivity contribution in [2.75, 3.05) is 59.1 Å². The molecule has 19 nitrogen and oxygen atoms in total. The Hall–Kier alpha value is -5.80. The SMILES string of the molecule is CC(C)C[C@H](CC(=O)[C@H](Cc1ccccc1)NC(=O)c1cnccn1)B(O)O.CCN(CCO)CC(=O)O.CC[N+]12CCO[B-]1([C@@H](CC(=O)[C@H](Cc1ccccc1)NC(=O)c1cnccn1)CC(C)C)OCC2. The summed E-state index contributed by atoms with van der Waals surface area (Å²) in [6.45, 7) is 15.9. The first-order chi connectivity index (χ1) is 35.0. The predicted molar refractivity (Wildman–Crippen MR) is 278 cm³/mol. The van der Waals surface area contributed by atoms with E-state index in [1.165, 1.54) is 37.2 Å². The third kappa shape index (κ3) is 18.6. The first-order valence-electron chi connectivity index (χ1n) is 25.4. The number of likely N-dealkylation sites (N-methyl/N-ethyl adjacent to an activating group) is 2. The van der Waals surface area contributed by atoms with Crippen molar-refractivity contribution in [3.8, 4) is 0 Å². The van der Waals surface area contributed by atoms with Crippen LogP contribution in [0.1, 0.15) is 99.3 Å². The number of nitrogens with zero attached hydrogens (tertiary/aromatic N) is 6. The highest BCUT2D eigenvalue weighted by atomic mass is 16.6. The maximum absolute atomic E-state index is 13.9. The number of aromatic nitrogens is 4. The first kappa shape index (κ1) is 59.8. The molecule has 2 aliphatic heterocycles. The quantitative estimate of drug-likeness (QED) is 0.0484. The molecule has 0 unspecified atom stereocenters. The maximum Gasteiger partial charge on any atom is 0.476 e. The summed E-state index contributed by atoms with van der Waals surface area (Å²) in [6.07, 6.45) is 10.9. The number of carboxylic acid groups (broad SMARTS) is 1. The number of rotatable bonds is 26. The fraction of sp³-hybridized carbons (Fsp3) is 0.519. The van der Waals surface area contributed by atoms with Gasteiger partial charge in [-0.3, -0.25) is 38.8 Å². The topological polar surface area (TPSA) is 264 Å². The normalized spacial score (nSPS) is 18.5. The molecule has 6 N–H and O–H groups in total. The molecule has 4 heterocycles. The highest BCUT2D eigenvalue weighted by Crippen LogP contribution is 2.46. The minimum absolute atomic E-state index is 0.00630. The number of carbonyl (C=O) groups excluding carboxylic acids is 4. The van der Waals surface area contributed by atoms with E-state index in [0.29, 0.717) is 57.9 Å². The summed E-state index contributed by atoms with van der Waals surface area (Å²) in [5.41, 5.74) is 2.20. The highest BCUT2D eigenvalue weighted by Gasteiger charge is 2.62. The monoisotopic (exact) mass is 1010 g/mol. The lowest BCUT2D eigenvalue weighted by Crippen LogP contribution is -2.65. The molecule has 2 fully saturated rings. The number of benzene rings is 2. The zero-order valence-electron chi connectivity index (χ0n) is 43.3. The number of ketones is 2. The predicted octanol–water partition coefficient (Wildman–Crippen LogP) is 4.08. The Kier molecular flexibility index (Phi) is 24.9. The fourth-order valence-electron chi connectivity index (χ4n) is 9.83. The zero-order valence-corrected chi connectivity index (χ0v) is 43.3. The van der Waals surface area contributed by atoms with Gasteiger partial charge in [-0.1, -0.05) is 102 Å². The summed E-state index contributed by atoms with van der Waals surface area (Å²) < 4.78 is 13.7. The molecule has 0 spiro atoms. The van der Waals surface area contributed by atoms with Crippen molar-refractivity contribution in [2.24, 2.45) is 11.8 Å². The van der Waals surface area contributed by atoms with Gasteiger partial charge < -0.3 is 44.6 Å². The second-order valence-corrected chi connectivity index (χ2v) is 19.6. The third-order valence-electron chi connectivity index (χ3n) is 13.4. The van der Waals surface area contributed by atoms with Gasteiger partial charge in [0.15, 0.2) is 11.6 Å². The van der Waals surface area contributed by atoms with Crippen molar-refractivity contribution in [1.82, 2.24) is 35.5 Å². The summed E-state index contributed by atoms with van der Waals surface area (Å²) in [5, 5.41) is 41.7. The number of nitrogens with one attached hydrogen (secondary N) is 2. The van der Waals surface area contributed by atoms with E-state index in [1.807, 2.05) is 81.4 Å². The van der Waals surface area contributed by atoms with E-state index < -0.39 is 49.5 Å². The second kappa shape index (κ2) is 30.4. The van der Waals surface area contributed by atoms with Crippen LogP contribution in [0.4, 0.5) is 0 Å². The summed E-state index contributed by atoms with van der Waals surface area (Å²) in [4.78, 5) is 79.9. The second-order valence-electron chi connectivity index (χ2n) is 19.6. The number of aliphatic hydroxyl groups excluding tert-OH is 1. The van der Waals surface area contributed by atoms with Crippen LogP contribution in [0.25, 0.3) is 0 Å². The van der Waals surface area contributed by atoms with E-state index >= 15 is 0 Å². The number of carboxylic acids is 1. The zero-order chi connectivity index (χ0) is 53.4. The van der Waals surface area contributed by atoms with Crippen molar-refractivity contribution in [1.29, 1.82) is 0 Å². The Labute approximate surface area is 430 Å². The maximum atomic E-state index is 13.9. The van der Waals surface area contributed by atoms with Gasteiger partial charge in [-0.05, 0) is 67.9 Å². The lowest BCUT2D eigenvalue weighted by atomic mass is 9.51. The lowest BCUT2D eigenvalue weighted by Gasteiger charge is -2.50. The molecule has 0 aliphatic carbocycles. The minimum atomic E-state index is -1.63. The Morgan fingerprint density at radius 2 is 1.21 bits per heavy atom. The van der Waals surface area contributed by atoms with E-state index in [4.69, 9.17) is 19.5 Å². The molecule has 396 valence electrons. The van der Waals surface area contributed by atoms with Crippen LogP contribution in [-0.4, -0.2) is 164 Å². The molecule has 4 atom stereocenters. The van der Waals surface area contributed by atoms with Crippen LogP contribution in [0, 0.1) is 11.8 Å². The van der Waals surface area contributed by atoms with Gasteiger partial charge in [0.2, 0.25) is 0 Å². The number of hydrogen-bond acceptors (Lipinski definition) is 15. The van der Waals surface area contributed by atoms with Crippen LogP contribution in [-0.2, 0) is 36.5 Å². The van der Waals surface area contributed by atoms with Crippen molar-refractivity contribution in [2.45, 2.75) is 104 Å². The molecule has 21 heteroatoms. The van der Waals surface area contributed by atoms with Gasteiger partial charge in [-0.25, -0.2) is 9.97 Å². The van der Waals surface area contributed by atoms with Crippen LogP contribution < -0.4 is 10.6 Å². The molecule has 0 bridgehead atoms. The smallest absolute Gasteiger partial charge is 0.476 e. The molecule has 2 saturated heterocycles. The Bertz CT molecular complexity index is 2280. The van der Waals surface area contributed by atoms with Crippen molar-refractivity contribution < 1.29 is 57.9 Å². The third-order valence-corrected chi connectivity index (χ3v) is 13.4. The van der Waals surface area contributed by atoms with E-state index in [9.17, 15) is 34.0 Å². The summed E-state index contributed by atoms with van der Waals surface area (Å²) in [7, 11) is -1.58. The Balaban J connectivity index is 0.000000272. The van der Waals surface area contributed by atoms with Gasteiger partial charge in [0.25, 0.3) is 11.8 Å². The van der Waals surface area contributed by atoms with Crippen molar-refractivity contribution >= 4 is 43.2 Å². The van der Waals surface area contributed by atoms with Gasteiger partial charge in [0.1, 0.15) is 11.4 Å². The molecule has 0 saturated carbocycles. The van der Waals surface area contributed by atoms with Gasteiger partial charge in [-0.2, -0.15) is 0 Å². The highest BCUT2D eigenvalue weighted by molar-refractivity contribution is 6.62. The van der Waals surface area contributed by atoms with E-state index in [-0.39, 0.29) is 54.3 Å². The molecule has 2 aliphatic rings. The number of carbonyl (C=O) groups is 5. The first-order valence-corrected chi connectivity index (χ1v) is 25.4. The number of amides is 2. The largest absolute Gasteiger partial charge is 0.509 e. The number of aliphatic hydroxyl groups is 1. The van der Waals surface area contributed by atoms with Crippen molar-refractivity contribution in [3.63, 3.8) is 0 Å². The van der Waals surface area contributed by atoms with Crippen LogP contribution in [0.2, 0.25) is 11.6 Å². The van der Waals surface area contributed by atoms with Crippen LogP contribution in [0.5, 0.6) is 0 Å². The lowest BCUT2D eigenvalue weighted by molar-refractivity contribution is -0.821. The van der Waals surface area contributed by atoms with Crippen LogP contribution in [0.15, 0.2) is 97.8 Å². The Morgan fingerprint density at radius 1 is 0.726 bits per heavy atom. The van der Waals surface area contributed by atoms with E-state index in [0.717, 1.165) is 41.6 Å². The van der Waals surface area contributed by atoms with E-state index in [2.05, 4.69) is 51.3 Å². The standard InChI is InChI=1S/C26H37BN4O4.C20H26BN3O4.C6H13NO3/c1-4-31-12-14-34-27(31,35-15-13-31)22(16-20(2)3)18-25(32)23(17-21-8-6-5-7-9-21)30-26(33)24-19-28-10-11-29-24;1-14(2)10-16(21(27)28)12-19(25)17(11-15-6-4-3-5-7-15)24-20(26)18-13-22-8-9-23-18;1-2-7(3-4-8)5-6(9)10/h5-11,19-20,22-23H,4,12-18H2,1-3H3,(H,30,33);3-9,13-14,16-17,27-28H,10-12H2,1-2H3,(H,24,26);8H,2-5H2,1H3,(H,9,10)/t22-,23+,27?,31?;16-,17+;/m11./s1. The number of hydrogen-bond donors (Lipinski definition) is 6. The average molecular weight is 1010 g/mol. The number of quaternary nitrogens is 1. The number of Topliss-reactive ketones (excluding diaryl/α,β-unsaturated/α-hetero) is 2. The summed E-state index contributed by atoms with van der Waals surface area (Å²) >= 11 is 0. The molecule has 2 aromatic heterocycles. The fourth-order valence-corrected chi connectivity index (χ4v) is 9.83. The molecule has 6 rings (SSSR count). The molecule has 0 radical (unpaired) electrons. The summed E-state index contributed by atoms with van der Waals surface area (Å²) in [5.74, 6) is -2.03. The van der Waals surface area contributed by atoms with Crippen LogP contribution in [0.3, 0.4) is 0 Å².